The third kappa shape index (κ3) is 5.96. The molecule has 1 saturated heterocycles. The van der Waals surface area contributed by atoms with Gasteiger partial charge in [-0.3, -0.25) is 4.79 Å². The van der Waals surface area contributed by atoms with Crippen LogP contribution >= 0.6 is 0 Å². The van der Waals surface area contributed by atoms with Gasteiger partial charge in [0.2, 0.25) is 14.2 Å². The van der Waals surface area contributed by atoms with Crippen LogP contribution in [0.4, 0.5) is 4.79 Å². The number of unbranched alkanes of at least 4 members (excludes halogenated alkanes) is 1. The van der Waals surface area contributed by atoms with Crippen LogP contribution in [0.25, 0.3) is 0 Å². The molecule has 1 aliphatic rings. The van der Waals surface area contributed by atoms with Crippen LogP contribution < -0.4 is 0 Å². The summed E-state index contributed by atoms with van der Waals surface area (Å²) in [6.07, 6.45) is 3.53. The van der Waals surface area contributed by atoms with Gasteiger partial charge < -0.3 is 14.5 Å². The molecular weight excluding hydrogens is 300 g/mol. The average Bonchev–Trinajstić information content (AvgIpc) is 2.45. The SMILES string of the molecule is CCCC[Si](C)(C)ON(C(=O)O)C(C)CN1CCCCC1=O. The topological polar surface area (TPSA) is 70.1 Å². The summed E-state index contributed by atoms with van der Waals surface area (Å²) in [4.78, 5) is 25.2. The second-order valence-corrected chi connectivity index (χ2v) is 10.9. The first-order chi connectivity index (χ1) is 10.3. The lowest BCUT2D eigenvalue weighted by molar-refractivity contribution is -0.136. The molecule has 0 aliphatic carbocycles. The first-order valence-electron chi connectivity index (χ1n) is 8.26. The Morgan fingerprint density at radius 2 is 2.14 bits per heavy atom. The molecule has 22 heavy (non-hydrogen) atoms. The predicted octanol–water partition coefficient (Wildman–Crippen LogP) is 3.30. The van der Waals surface area contributed by atoms with E-state index in [1.165, 1.54) is 0 Å². The maximum absolute atomic E-state index is 11.9. The van der Waals surface area contributed by atoms with Crippen molar-refractivity contribution in [2.75, 3.05) is 13.1 Å². The fourth-order valence-electron chi connectivity index (χ4n) is 2.68. The van der Waals surface area contributed by atoms with Crippen molar-refractivity contribution < 1.29 is 19.2 Å². The molecule has 0 bridgehead atoms. The van der Waals surface area contributed by atoms with Gasteiger partial charge in [-0.2, -0.15) is 5.06 Å². The van der Waals surface area contributed by atoms with Gasteiger partial charge in [0.25, 0.3) is 0 Å². The van der Waals surface area contributed by atoms with Gasteiger partial charge in [-0.1, -0.05) is 19.8 Å². The zero-order chi connectivity index (χ0) is 16.8. The van der Waals surface area contributed by atoms with Crippen molar-refractivity contribution >= 4 is 20.3 Å². The smallest absolute Gasteiger partial charge is 0.430 e. The minimum Gasteiger partial charge on any atom is -0.463 e. The number of rotatable bonds is 8. The van der Waals surface area contributed by atoms with Gasteiger partial charge in [-0.05, 0) is 38.9 Å². The number of piperidine rings is 1. The summed E-state index contributed by atoms with van der Waals surface area (Å²) in [5.74, 6) is 0.117. The Balaban J connectivity index is 2.64. The Kier molecular flexibility index (Phi) is 7.35. The quantitative estimate of drug-likeness (QED) is 0.547. The molecule has 1 rings (SSSR count). The molecule has 0 radical (unpaired) electrons. The Labute approximate surface area is 134 Å². The van der Waals surface area contributed by atoms with Gasteiger partial charge in [-0.15, -0.1) is 0 Å². The van der Waals surface area contributed by atoms with E-state index in [2.05, 4.69) is 6.92 Å². The number of carbonyl (C=O) groups excluding carboxylic acids is 1. The van der Waals surface area contributed by atoms with Gasteiger partial charge in [0.15, 0.2) is 0 Å². The number of carbonyl (C=O) groups is 2. The minimum atomic E-state index is -2.05. The summed E-state index contributed by atoms with van der Waals surface area (Å²) < 4.78 is 5.87. The molecule has 1 unspecified atom stereocenters. The van der Waals surface area contributed by atoms with E-state index in [1.54, 1.807) is 11.8 Å². The second kappa shape index (κ2) is 8.52. The van der Waals surface area contributed by atoms with E-state index >= 15 is 0 Å². The van der Waals surface area contributed by atoms with Crippen molar-refractivity contribution in [1.29, 1.82) is 0 Å². The molecule has 0 aromatic carbocycles. The highest BCUT2D eigenvalue weighted by molar-refractivity contribution is 6.71. The molecule has 0 aromatic heterocycles. The first kappa shape index (κ1) is 19.0. The zero-order valence-electron chi connectivity index (χ0n) is 14.3. The minimum absolute atomic E-state index is 0.117. The molecule has 6 nitrogen and oxygen atoms in total. The van der Waals surface area contributed by atoms with Gasteiger partial charge in [0.05, 0.1) is 6.04 Å². The average molecular weight is 331 g/mol. The summed E-state index contributed by atoms with van der Waals surface area (Å²) >= 11 is 0. The van der Waals surface area contributed by atoms with Crippen LogP contribution in [0.15, 0.2) is 0 Å². The van der Waals surface area contributed by atoms with Crippen LogP contribution in [0.3, 0.4) is 0 Å². The van der Waals surface area contributed by atoms with E-state index in [1.807, 2.05) is 13.1 Å². The Hall–Kier alpha value is -1.08. The van der Waals surface area contributed by atoms with Crippen molar-refractivity contribution in [3.63, 3.8) is 0 Å². The molecule has 1 N–H and O–H groups in total. The molecule has 2 amide bonds. The Bertz CT molecular complexity index is 390. The lowest BCUT2D eigenvalue weighted by Crippen LogP contribution is -2.51. The number of carboxylic acid groups (broad SMARTS) is 1. The van der Waals surface area contributed by atoms with Crippen molar-refractivity contribution in [3.05, 3.63) is 0 Å². The van der Waals surface area contributed by atoms with Crippen LogP contribution in [0.2, 0.25) is 19.1 Å². The van der Waals surface area contributed by atoms with E-state index < -0.39 is 14.4 Å². The van der Waals surface area contributed by atoms with Crippen LogP contribution in [-0.2, 0) is 9.32 Å². The molecule has 1 atom stereocenters. The summed E-state index contributed by atoms with van der Waals surface area (Å²) in [5.41, 5.74) is 0. The van der Waals surface area contributed by atoms with Crippen LogP contribution in [0, 0.1) is 0 Å². The highest BCUT2D eigenvalue weighted by Gasteiger charge is 2.32. The van der Waals surface area contributed by atoms with Gasteiger partial charge >= 0.3 is 6.09 Å². The summed E-state index contributed by atoms with van der Waals surface area (Å²) in [5, 5.41) is 10.5. The molecule has 7 heteroatoms. The second-order valence-electron chi connectivity index (χ2n) is 6.71. The number of hydroxylamine groups is 2. The molecule has 1 fully saturated rings. The molecule has 0 spiro atoms. The van der Waals surface area contributed by atoms with E-state index in [0.29, 0.717) is 19.5 Å². The van der Waals surface area contributed by atoms with E-state index in [0.717, 1.165) is 36.8 Å². The zero-order valence-corrected chi connectivity index (χ0v) is 15.3. The normalized spacial score (nSPS) is 17.5. The number of hydrogen-bond donors (Lipinski definition) is 1. The van der Waals surface area contributed by atoms with Crippen LogP contribution in [-0.4, -0.2) is 54.5 Å². The van der Waals surface area contributed by atoms with E-state index in [9.17, 15) is 14.7 Å². The molecular formula is C15H30N2O4Si. The lowest BCUT2D eigenvalue weighted by Gasteiger charge is -2.36. The summed E-state index contributed by atoms with van der Waals surface area (Å²) in [6.45, 7) is 9.12. The van der Waals surface area contributed by atoms with Crippen molar-refractivity contribution in [2.45, 2.75) is 71.1 Å². The van der Waals surface area contributed by atoms with E-state index in [-0.39, 0.29) is 11.9 Å². The first-order valence-corrected chi connectivity index (χ1v) is 11.4. The fourth-order valence-corrected chi connectivity index (χ4v) is 4.77. The number of likely N-dealkylation sites (tertiary alicyclic amines) is 1. The van der Waals surface area contributed by atoms with Crippen molar-refractivity contribution in [3.8, 4) is 0 Å². The van der Waals surface area contributed by atoms with Gasteiger partial charge in [0, 0.05) is 19.5 Å². The van der Waals surface area contributed by atoms with Gasteiger partial charge in [0.1, 0.15) is 0 Å². The third-order valence-electron chi connectivity index (χ3n) is 3.97. The molecule has 128 valence electrons. The van der Waals surface area contributed by atoms with Crippen molar-refractivity contribution in [1.82, 2.24) is 9.96 Å². The highest BCUT2D eigenvalue weighted by atomic mass is 28.4. The maximum Gasteiger partial charge on any atom is 0.430 e. The monoisotopic (exact) mass is 330 g/mol. The third-order valence-corrected chi connectivity index (χ3v) is 6.22. The highest BCUT2D eigenvalue weighted by Crippen LogP contribution is 2.20. The molecule has 1 heterocycles. The van der Waals surface area contributed by atoms with Crippen LogP contribution in [0.5, 0.6) is 0 Å². The van der Waals surface area contributed by atoms with Gasteiger partial charge in [-0.25, -0.2) is 4.79 Å². The summed E-state index contributed by atoms with van der Waals surface area (Å²) in [6, 6.07) is 0.579. The van der Waals surface area contributed by atoms with E-state index in [4.69, 9.17) is 4.53 Å². The molecule has 1 aliphatic heterocycles. The Morgan fingerprint density at radius 1 is 1.45 bits per heavy atom. The standard InChI is InChI=1S/C15H30N2O4Si/c1-5-6-11-22(3,4)21-17(15(19)20)13(2)12-16-10-8-7-9-14(16)18/h13H,5-12H2,1-4H3,(H,19,20). The lowest BCUT2D eigenvalue weighted by atomic mass is 10.1. The number of hydrogen-bond acceptors (Lipinski definition) is 3. The van der Waals surface area contributed by atoms with Crippen molar-refractivity contribution in [2.24, 2.45) is 0 Å². The Morgan fingerprint density at radius 3 is 2.68 bits per heavy atom. The number of amides is 2. The number of nitrogens with zero attached hydrogens (tertiary/aromatic N) is 2. The largest absolute Gasteiger partial charge is 0.463 e. The maximum atomic E-state index is 11.9. The molecule has 0 saturated carbocycles. The van der Waals surface area contributed by atoms with Crippen LogP contribution in [0.1, 0.15) is 46.0 Å². The fraction of sp³-hybridized carbons (Fsp3) is 0.867. The molecule has 0 aromatic rings. The summed E-state index contributed by atoms with van der Waals surface area (Å²) in [7, 11) is -2.05. The predicted molar refractivity (Wildman–Crippen MR) is 88.0 cm³/mol.